The van der Waals surface area contributed by atoms with Crippen LogP contribution in [-0.2, 0) is 9.47 Å². The highest BCUT2D eigenvalue weighted by molar-refractivity contribution is 5.84. The van der Waals surface area contributed by atoms with E-state index in [1.807, 2.05) is 0 Å². The number of rotatable bonds is 6. The van der Waals surface area contributed by atoms with Crippen molar-refractivity contribution < 1.29 is 24.8 Å². The molecule has 3 rings (SSSR count). The lowest BCUT2D eigenvalue weighted by Gasteiger charge is -2.19. The molecule has 2 aromatic rings. The lowest BCUT2D eigenvalue weighted by Crippen LogP contribution is -2.33. The molecular weight excluding hydrogens is 320 g/mol. The van der Waals surface area contributed by atoms with Crippen LogP contribution < -0.4 is 11.1 Å². The van der Waals surface area contributed by atoms with Crippen molar-refractivity contribution in [3.63, 3.8) is 0 Å². The number of aliphatic hydroxyl groups excluding tert-OH is 3. The van der Waals surface area contributed by atoms with Gasteiger partial charge in [-0.1, -0.05) is 0 Å². The average Bonchev–Trinajstić information content (AvgIpc) is 3.07. The van der Waals surface area contributed by atoms with Gasteiger partial charge in [0.25, 0.3) is 0 Å². The predicted octanol–water partition coefficient (Wildman–Crippen LogP) is -1.92. The van der Waals surface area contributed by atoms with E-state index in [0.29, 0.717) is 30.3 Å². The number of nitrogens with zero attached hydrogens (tertiary/aromatic N) is 4. The highest BCUT2D eigenvalue weighted by atomic mass is 16.6. The quantitative estimate of drug-likeness (QED) is 0.375. The van der Waals surface area contributed by atoms with E-state index in [1.54, 1.807) is 7.11 Å². The molecule has 0 saturated carbocycles. The number of hydrogen-bond donors (Lipinski definition) is 5. The van der Waals surface area contributed by atoms with Crippen molar-refractivity contribution in [2.45, 2.75) is 24.5 Å². The van der Waals surface area contributed by atoms with Gasteiger partial charge in [0.2, 0.25) is 5.95 Å². The molecule has 2 aromatic heterocycles. The molecule has 24 heavy (non-hydrogen) atoms. The number of nitrogens with two attached hydrogens (primary N) is 1. The number of aromatic nitrogens is 4. The molecule has 132 valence electrons. The van der Waals surface area contributed by atoms with Gasteiger partial charge in [-0.2, -0.15) is 0 Å². The molecule has 0 aromatic carbocycles. The molecule has 4 unspecified atom stereocenters. The largest absolute Gasteiger partial charge is 0.394 e. The molecule has 0 amide bonds. The summed E-state index contributed by atoms with van der Waals surface area (Å²) in [5, 5.41) is 32.6. The minimum absolute atomic E-state index is 0.181. The Morgan fingerprint density at radius 3 is 2.83 bits per heavy atom. The number of nitrogen functional groups attached to an aromatic ring is 1. The van der Waals surface area contributed by atoms with Crippen LogP contribution in [0.3, 0.4) is 0 Å². The van der Waals surface area contributed by atoms with Crippen LogP contribution in [0.1, 0.15) is 6.23 Å². The summed E-state index contributed by atoms with van der Waals surface area (Å²) in [6.07, 6.45) is -3.12. The van der Waals surface area contributed by atoms with Gasteiger partial charge in [0.1, 0.15) is 24.6 Å². The maximum atomic E-state index is 10.3. The summed E-state index contributed by atoms with van der Waals surface area (Å²) in [6, 6.07) is 0. The third kappa shape index (κ3) is 2.76. The number of hydrogen-bond acceptors (Lipinski definition) is 10. The number of fused-ring (bicyclic) bond motifs is 1. The van der Waals surface area contributed by atoms with Gasteiger partial charge in [-0.3, -0.25) is 4.57 Å². The van der Waals surface area contributed by atoms with E-state index in [2.05, 4.69) is 20.3 Å². The molecule has 0 bridgehead atoms. The number of aliphatic hydroxyl groups is 3. The van der Waals surface area contributed by atoms with Crippen molar-refractivity contribution in [1.82, 2.24) is 19.5 Å². The Bertz CT molecular complexity index is 709. The van der Waals surface area contributed by atoms with Crippen molar-refractivity contribution in [3.8, 4) is 0 Å². The van der Waals surface area contributed by atoms with Gasteiger partial charge in [0.15, 0.2) is 23.2 Å². The minimum Gasteiger partial charge on any atom is -0.394 e. The lowest BCUT2D eigenvalue weighted by atomic mass is 10.1. The van der Waals surface area contributed by atoms with Gasteiger partial charge < -0.3 is 35.8 Å². The topological polar surface area (TPSA) is 161 Å². The molecule has 0 aliphatic carbocycles. The zero-order chi connectivity index (χ0) is 17.3. The summed E-state index contributed by atoms with van der Waals surface area (Å²) >= 11 is 0. The molecule has 4 atom stereocenters. The Kier molecular flexibility index (Phi) is 4.78. The first-order chi connectivity index (χ1) is 11.6. The average molecular weight is 340 g/mol. The van der Waals surface area contributed by atoms with Crippen LogP contribution in [-0.4, -0.2) is 80.0 Å². The molecular formula is C13H20N6O5. The van der Waals surface area contributed by atoms with Gasteiger partial charge >= 0.3 is 0 Å². The smallest absolute Gasteiger partial charge is 0.207 e. The van der Waals surface area contributed by atoms with Crippen LogP contribution >= 0.6 is 0 Å². The maximum absolute atomic E-state index is 10.3. The second-order valence-electron chi connectivity index (χ2n) is 5.38. The fourth-order valence-electron chi connectivity index (χ4n) is 2.65. The SMILES string of the molecule is COCCNc1nc2c(N)ncnc2n1C1OC(CO)C(O)C1O. The van der Waals surface area contributed by atoms with Gasteiger partial charge in [0, 0.05) is 13.7 Å². The Hall–Kier alpha value is -2.05. The van der Waals surface area contributed by atoms with Crippen molar-refractivity contribution in [1.29, 1.82) is 0 Å². The Morgan fingerprint density at radius 2 is 2.17 bits per heavy atom. The molecule has 3 heterocycles. The summed E-state index contributed by atoms with van der Waals surface area (Å²) in [7, 11) is 1.57. The van der Waals surface area contributed by atoms with Crippen LogP contribution in [0.2, 0.25) is 0 Å². The predicted molar refractivity (Wildman–Crippen MR) is 83.1 cm³/mol. The highest BCUT2D eigenvalue weighted by Crippen LogP contribution is 2.34. The fraction of sp³-hybridized carbons (Fsp3) is 0.615. The summed E-state index contributed by atoms with van der Waals surface area (Å²) in [5.74, 6) is 0.518. The van der Waals surface area contributed by atoms with Gasteiger partial charge in [-0.05, 0) is 0 Å². The molecule has 0 spiro atoms. The van der Waals surface area contributed by atoms with Crippen molar-refractivity contribution in [2.75, 3.05) is 37.9 Å². The third-order valence-corrected chi connectivity index (χ3v) is 3.87. The lowest BCUT2D eigenvalue weighted by molar-refractivity contribution is -0.0501. The molecule has 1 fully saturated rings. The zero-order valence-electron chi connectivity index (χ0n) is 13.0. The molecule has 0 radical (unpaired) electrons. The summed E-state index contributed by atoms with van der Waals surface area (Å²) in [5.41, 5.74) is 6.52. The number of nitrogens with one attached hydrogen (secondary N) is 1. The van der Waals surface area contributed by atoms with E-state index >= 15 is 0 Å². The van der Waals surface area contributed by atoms with E-state index in [1.165, 1.54) is 10.9 Å². The van der Waals surface area contributed by atoms with Gasteiger partial charge in [-0.25, -0.2) is 15.0 Å². The number of imidazole rings is 1. The van der Waals surface area contributed by atoms with Crippen molar-refractivity contribution >= 4 is 22.9 Å². The number of anilines is 2. The second-order valence-corrected chi connectivity index (χ2v) is 5.38. The van der Waals surface area contributed by atoms with E-state index < -0.39 is 31.1 Å². The summed E-state index contributed by atoms with van der Waals surface area (Å²) in [4.78, 5) is 12.4. The minimum atomic E-state index is -1.27. The first-order valence-electron chi connectivity index (χ1n) is 7.42. The summed E-state index contributed by atoms with van der Waals surface area (Å²) in [6.45, 7) is 0.452. The van der Waals surface area contributed by atoms with E-state index in [9.17, 15) is 15.3 Å². The van der Waals surface area contributed by atoms with Crippen molar-refractivity contribution in [3.05, 3.63) is 6.33 Å². The van der Waals surface area contributed by atoms with Crippen LogP contribution in [0.15, 0.2) is 6.33 Å². The first kappa shape index (κ1) is 16.8. The van der Waals surface area contributed by atoms with Crippen LogP contribution in [0.4, 0.5) is 11.8 Å². The van der Waals surface area contributed by atoms with E-state index in [4.69, 9.17) is 15.2 Å². The zero-order valence-corrected chi connectivity index (χ0v) is 13.0. The Morgan fingerprint density at radius 1 is 1.38 bits per heavy atom. The highest BCUT2D eigenvalue weighted by Gasteiger charge is 2.45. The standard InChI is InChI=1S/C13H20N6O5/c1-23-3-2-15-13-18-7-10(14)16-5-17-11(7)19(13)12-9(22)8(21)6(4-20)24-12/h5-6,8-9,12,20-22H,2-4H2,1H3,(H,15,18)(H2,14,16,17). The Labute approximate surface area is 137 Å². The van der Waals surface area contributed by atoms with Crippen molar-refractivity contribution in [2.24, 2.45) is 0 Å². The normalized spacial score (nSPS) is 27.0. The van der Waals surface area contributed by atoms with Crippen LogP contribution in [0.5, 0.6) is 0 Å². The fourth-order valence-corrected chi connectivity index (χ4v) is 2.65. The molecule has 11 nitrogen and oxygen atoms in total. The molecule has 1 aliphatic heterocycles. The molecule has 1 aliphatic rings. The first-order valence-corrected chi connectivity index (χ1v) is 7.42. The summed E-state index contributed by atoms with van der Waals surface area (Å²) < 4.78 is 12.1. The van der Waals surface area contributed by atoms with Gasteiger partial charge in [0.05, 0.1) is 13.2 Å². The third-order valence-electron chi connectivity index (χ3n) is 3.87. The maximum Gasteiger partial charge on any atom is 0.207 e. The van der Waals surface area contributed by atoms with E-state index in [0.717, 1.165) is 0 Å². The Balaban J connectivity index is 2.04. The van der Waals surface area contributed by atoms with Gasteiger partial charge in [-0.15, -0.1) is 0 Å². The second kappa shape index (κ2) is 6.83. The van der Waals surface area contributed by atoms with E-state index in [-0.39, 0.29) is 5.82 Å². The number of ether oxygens (including phenoxy) is 2. The molecule has 1 saturated heterocycles. The van der Waals surface area contributed by atoms with Crippen LogP contribution in [0, 0.1) is 0 Å². The molecule has 6 N–H and O–H groups in total. The molecule has 11 heteroatoms. The van der Waals surface area contributed by atoms with Crippen LogP contribution in [0.25, 0.3) is 11.2 Å². The monoisotopic (exact) mass is 340 g/mol. The number of methoxy groups -OCH3 is 1.